The summed E-state index contributed by atoms with van der Waals surface area (Å²) in [5, 5.41) is 3.01. The van der Waals surface area contributed by atoms with Gasteiger partial charge in [-0.15, -0.1) is 24.0 Å². The fourth-order valence-electron chi connectivity index (χ4n) is 0.648. The third-order valence-corrected chi connectivity index (χ3v) is 1.30. The number of hydrogen-bond donors (Lipinski definition) is 1. The first-order chi connectivity index (χ1) is 6.91. The summed E-state index contributed by atoms with van der Waals surface area (Å²) in [7, 11) is 1.91. The highest BCUT2D eigenvalue weighted by molar-refractivity contribution is 14.0. The maximum Gasteiger partial charge on any atom is 0.0648 e. The molecule has 0 saturated heterocycles. The molecule has 0 aromatic heterocycles. The first-order valence-electron chi connectivity index (χ1n) is 5.37. The Bertz CT molecular complexity index is 111. The lowest BCUT2D eigenvalue weighted by molar-refractivity contribution is 0.161. The van der Waals surface area contributed by atoms with Crippen molar-refractivity contribution in [3.63, 3.8) is 0 Å². The number of rotatable bonds is 8. The van der Waals surface area contributed by atoms with Crippen LogP contribution < -0.4 is 5.32 Å². The van der Waals surface area contributed by atoms with Gasteiger partial charge in [0.25, 0.3) is 0 Å². The van der Waals surface area contributed by atoms with Crippen LogP contribution in [0.4, 0.5) is 0 Å². The largest absolute Gasteiger partial charge is 0.378 e. The van der Waals surface area contributed by atoms with E-state index in [1.165, 1.54) is 0 Å². The summed E-state index contributed by atoms with van der Waals surface area (Å²) in [5.74, 6) is 0. The van der Waals surface area contributed by atoms with E-state index in [1.54, 1.807) is 0 Å². The molecule has 0 heterocycles. The number of likely N-dealkylation sites (N-methyl/N-ethyl adjacent to an activating group) is 1. The van der Waals surface area contributed by atoms with Crippen molar-refractivity contribution < 1.29 is 9.47 Å². The van der Waals surface area contributed by atoms with Gasteiger partial charge >= 0.3 is 0 Å². The summed E-state index contributed by atoms with van der Waals surface area (Å²) in [6.07, 6.45) is 3.95. The van der Waals surface area contributed by atoms with Crippen molar-refractivity contribution in [3.8, 4) is 0 Å². The Morgan fingerprint density at radius 2 is 1.60 bits per heavy atom. The van der Waals surface area contributed by atoms with Gasteiger partial charge in [0.2, 0.25) is 0 Å². The molecule has 0 aliphatic rings. The van der Waals surface area contributed by atoms with Crippen molar-refractivity contribution in [2.45, 2.75) is 20.8 Å². The molecule has 0 bridgehead atoms. The van der Waals surface area contributed by atoms with E-state index in [4.69, 9.17) is 9.47 Å². The van der Waals surface area contributed by atoms with Crippen LogP contribution in [0, 0.1) is 0 Å². The van der Waals surface area contributed by atoms with Gasteiger partial charge in [-0.1, -0.05) is 26.0 Å². The Labute approximate surface area is 112 Å². The van der Waals surface area contributed by atoms with Crippen molar-refractivity contribution in [1.29, 1.82) is 0 Å². The van der Waals surface area contributed by atoms with Gasteiger partial charge in [-0.05, 0) is 14.0 Å². The van der Waals surface area contributed by atoms with Gasteiger partial charge in [-0.3, -0.25) is 0 Å². The first-order valence-corrected chi connectivity index (χ1v) is 5.37. The van der Waals surface area contributed by atoms with Crippen LogP contribution in [0.2, 0.25) is 0 Å². The van der Waals surface area contributed by atoms with E-state index in [9.17, 15) is 0 Å². The van der Waals surface area contributed by atoms with Crippen molar-refractivity contribution in [1.82, 2.24) is 5.32 Å². The molecule has 94 valence electrons. The second-order valence-electron chi connectivity index (χ2n) is 2.31. The molecule has 0 aromatic carbocycles. The van der Waals surface area contributed by atoms with Crippen molar-refractivity contribution in [2.24, 2.45) is 0 Å². The van der Waals surface area contributed by atoms with Crippen LogP contribution in [-0.2, 0) is 9.47 Å². The molecule has 0 atom stereocenters. The zero-order valence-electron chi connectivity index (χ0n) is 10.4. The second kappa shape index (κ2) is 23.9. The zero-order valence-corrected chi connectivity index (χ0v) is 12.7. The third kappa shape index (κ3) is 25.0. The number of nitrogens with one attached hydrogen (secondary N) is 1. The summed E-state index contributed by atoms with van der Waals surface area (Å²) in [4.78, 5) is 0. The average Bonchev–Trinajstić information content (AvgIpc) is 2.25. The van der Waals surface area contributed by atoms with E-state index in [1.807, 2.05) is 40.0 Å². The standard InChI is InChI=1S/C9H19NO2.C2H6.HI/c1-3-11-7-4-5-8-12-9-6-10-2;1-2;/h4-5,10H,3,6-9H2,1-2H3;1-2H3;1H/b5-4-;;. The fraction of sp³-hybridized carbons (Fsp3) is 0.818. The second-order valence-corrected chi connectivity index (χ2v) is 2.31. The maximum atomic E-state index is 5.25. The molecular formula is C11H26INO2. The Morgan fingerprint density at radius 1 is 1.07 bits per heavy atom. The Kier molecular flexibility index (Phi) is 33.0. The van der Waals surface area contributed by atoms with Crippen LogP contribution in [0.5, 0.6) is 0 Å². The van der Waals surface area contributed by atoms with E-state index in [0.29, 0.717) is 13.2 Å². The first kappa shape index (κ1) is 20.7. The van der Waals surface area contributed by atoms with E-state index in [2.05, 4.69) is 5.32 Å². The molecule has 0 aromatic rings. The molecule has 3 nitrogen and oxygen atoms in total. The lowest BCUT2D eigenvalue weighted by Gasteiger charge is -1.98. The average molecular weight is 331 g/mol. The lowest BCUT2D eigenvalue weighted by Crippen LogP contribution is -2.14. The van der Waals surface area contributed by atoms with Crippen LogP contribution >= 0.6 is 24.0 Å². The zero-order chi connectivity index (χ0) is 11.1. The van der Waals surface area contributed by atoms with Gasteiger partial charge in [0, 0.05) is 13.2 Å². The van der Waals surface area contributed by atoms with Crippen LogP contribution in [-0.4, -0.2) is 40.0 Å². The highest BCUT2D eigenvalue weighted by Gasteiger charge is 1.81. The quantitative estimate of drug-likeness (QED) is 0.421. The monoisotopic (exact) mass is 331 g/mol. The number of ether oxygens (including phenoxy) is 2. The van der Waals surface area contributed by atoms with E-state index in [0.717, 1.165) is 19.8 Å². The fourth-order valence-corrected chi connectivity index (χ4v) is 0.648. The molecule has 4 heteroatoms. The highest BCUT2D eigenvalue weighted by atomic mass is 127. The van der Waals surface area contributed by atoms with Crippen LogP contribution in [0.15, 0.2) is 12.2 Å². The molecular weight excluding hydrogens is 305 g/mol. The van der Waals surface area contributed by atoms with Crippen LogP contribution in [0.3, 0.4) is 0 Å². The predicted octanol–water partition coefficient (Wildman–Crippen LogP) is 2.46. The molecule has 0 aliphatic heterocycles. The van der Waals surface area contributed by atoms with Gasteiger partial charge in [-0.2, -0.15) is 0 Å². The minimum absolute atomic E-state index is 0. The Morgan fingerprint density at radius 3 is 2.07 bits per heavy atom. The molecule has 0 spiro atoms. The van der Waals surface area contributed by atoms with Gasteiger partial charge in [0.05, 0.1) is 19.8 Å². The van der Waals surface area contributed by atoms with Gasteiger partial charge in [-0.25, -0.2) is 0 Å². The molecule has 0 aliphatic carbocycles. The molecule has 0 saturated carbocycles. The SMILES string of the molecule is CC.CCOC/C=C\COCCNC.I. The van der Waals surface area contributed by atoms with E-state index in [-0.39, 0.29) is 24.0 Å². The number of halogens is 1. The highest BCUT2D eigenvalue weighted by Crippen LogP contribution is 1.79. The summed E-state index contributed by atoms with van der Waals surface area (Å²) in [5.41, 5.74) is 0. The summed E-state index contributed by atoms with van der Waals surface area (Å²) < 4.78 is 10.4. The minimum Gasteiger partial charge on any atom is -0.378 e. The lowest BCUT2D eigenvalue weighted by atomic mass is 10.5. The molecule has 0 amide bonds. The third-order valence-electron chi connectivity index (χ3n) is 1.30. The number of hydrogen-bond acceptors (Lipinski definition) is 3. The van der Waals surface area contributed by atoms with E-state index >= 15 is 0 Å². The molecule has 0 unspecified atom stereocenters. The van der Waals surface area contributed by atoms with Crippen molar-refractivity contribution in [2.75, 3.05) is 40.0 Å². The van der Waals surface area contributed by atoms with Gasteiger partial charge in [0.1, 0.15) is 0 Å². The Hall–Kier alpha value is 0.350. The van der Waals surface area contributed by atoms with Crippen LogP contribution in [0.25, 0.3) is 0 Å². The molecule has 15 heavy (non-hydrogen) atoms. The topological polar surface area (TPSA) is 30.5 Å². The summed E-state index contributed by atoms with van der Waals surface area (Å²) in [6.45, 7) is 9.78. The molecule has 0 rings (SSSR count). The Balaban J connectivity index is -0.000000449. The normalized spacial score (nSPS) is 9.33. The predicted molar refractivity (Wildman–Crippen MR) is 77.1 cm³/mol. The van der Waals surface area contributed by atoms with Crippen molar-refractivity contribution >= 4 is 24.0 Å². The minimum atomic E-state index is 0. The summed E-state index contributed by atoms with van der Waals surface area (Å²) in [6, 6.07) is 0. The molecule has 1 N–H and O–H groups in total. The van der Waals surface area contributed by atoms with Gasteiger partial charge in [0.15, 0.2) is 0 Å². The molecule has 0 fully saturated rings. The van der Waals surface area contributed by atoms with E-state index < -0.39 is 0 Å². The smallest absolute Gasteiger partial charge is 0.0648 e. The van der Waals surface area contributed by atoms with Crippen molar-refractivity contribution in [3.05, 3.63) is 12.2 Å². The maximum absolute atomic E-state index is 5.25. The molecule has 0 radical (unpaired) electrons. The van der Waals surface area contributed by atoms with Crippen LogP contribution in [0.1, 0.15) is 20.8 Å². The summed E-state index contributed by atoms with van der Waals surface area (Å²) >= 11 is 0. The van der Waals surface area contributed by atoms with Gasteiger partial charge < -0.3 is 14.8 Å².